The van der Waals surface area contributed by atoms with E-state index in [1.807, 2.05) is 0 Å². The van der Waals surface area contributed by atoms with Gasteiger partial charge in [-0.2, -0.15) is 26.3 Å². The Kier molecular flexibility index (Phi) is 41.2. The van der Waals surface area contributed by atoms with Crippen LogP contribution in [0.1, 0.15) is 178 Å². The number of likely N-dealkylation sites (tertiary alicyclic amines) is 1. The third kappa shape index (κ3) is 31.1. The second-order valence-corrected chi connectivity index (χ2v) is 32.4. The van der Waals surface area contributed by atoms with Crippen LogP contribution in [0, 0.1) is 70.9 Å². The van der Waals surface area contributed by atoms with Gasteiger partial charge in [0.05, 0.1) is 182 Å². The van der Waals surface area contributed by atoms with Gasteiger partial charge in [0, 0.05) is 44.9 Å². The van der Waals surface area contributed by atoms with Crippen LogP contribution in [-0.2, 0) is 103 Å². The van der Waals surface area contributed by atoms with Gasteiger partial charge in [0.15, 0.2) is 0 Å². The van der Waals surface area contributed by atoms with Gasteiger partial charge in [-0.05, 0) is 177 Å². The van der Waals surface area contributed by atoms with Crippen molar-refractivity contribution in [2.75, 3.05) is 185 Å². The summed E-state index contributed by atoms with van der Waals surface area (Å²) in [5.41, 5.74) is 3.82. The quantitative estimate of drug-likeness (QED) is 0.0240. The molecule has 1 aliphatic heterocycles. The zero-order valence-corrected chi connectivity index (χ0v) is 69.0. The number of rotatable bonds is 53. The molecule has 1 heterocycles. The van der Waals surface area contributed by atoms with Crippen LogP contribution in [0.5, 0.6) is 0 Å². The number of nitrogens with zero attached hydrogens (tertiary/aromatic N) is 2. The molecule has 5 amide bonds. The number of piperidine rings is 1. The van der Waals surface area contributed by atoms with Crippen LogP contribution in [0.2, 0.25) is 0 Å². The number of nitrogens with one attached hydrogen (secondary N) is 2. The van der Waals surface area contributed by atoms with E-state index in [2.05, 4.69) is 45.3 Å². The van der Waals surface area contributed by atoms with Crippen LogP contribution in [-0.4, -0.2) is 243 Å². The highest BCUT2D eigenvalue weighted by molar-refractivity contribution is 6.35. The zero-order valence-electron chi connectivity index (χ0n) is 69.0. The van der Waals surface area contributed by atoms with E-state index in [4.69, 9.17) is 67.3 Å². The predicted molar refractivity (Wildman–Crippen MR) is 412 cm³/mol. The van der Waals surface area contributed by atoms with Crippen molar-refractivity contribution in [2.45, 2.75) is 181 Å². The molecular formula is C84H130F7N5O19. The number of hydrogen-bond donors (Lipinski definition) is 3. The SMILES string of the molecule is Cc1cc(F)ccc1[C@H]1CN(C(=O)C(=O)NCCOCCOCCOCCOCCOCCOCCOCCOCCOCCOCCOCCOCCC(=O)N[C@@H](CC(=O)O[C@H]2CC[C@@]3(C)[C@@H](CC[C@@H]4[C@@H]3CC[C@]3(C)[C@@H]([C@H](C)CCCC(C)C)CC[C@@H]43)C2)C(N)=O)CC[C@@H]1C(=O)N(C)[C@@H](C)c1cc(C(F)(F)F)cc(C(F)(F)F)c1. The summed E-state index contributed by atoms with van der Waals surface area (Å²) >= 11 is 0. The summed E-state index contributed by atoms with van der Waals surface area (Å²) in [7, 11) is 1.27. The molecule has 24 nitrogen and oxygen atoms in total. The van der Waals surface area contributed by atoms with Crippen molar-refractivity contribution in [2.24, 2.45) is 63.9 Å². The van der Waals surface area contributed by atoms with E-state index >= 15 is 0 Å². The second kappa shape index (κ2) is 49.1. The lowest BCUT2D eigenvalue weighted by Crippen LogP contribution is -2.54. The molecule has 31 heteroatoms. The highest BCUT2D eigenvalue weighted by Gasteiger charge is 2.61. The Hall–Kier alpha value is -5.71. The highest BCUT2D eigenvalue weighted by Crippen LogP contribution is 2.68. The normalized spacial score (nSPS) is 23.7. The molecule has 115 heavy (non-hydrogen) atoms. The van der Waals surface area contributed by atoms with Crippen molar-refractivity contribution in [3.63, 3.8) is 0 Å². The number of benzene rings is 2. The third-order valence-electron chi connectivity index (χ3n) is 24.3. The Morgan fingerprint density at radius 1 is 0.591 bits per heavy atom. The molecule has 2 aromatic rings. The van der Waals surface area contributed by atoms with Crippen LogP contribution in [0.25, 0.3) is 0 Å². The summed E-state index contributed by atoms with van der Waals surface area (Å²) in [6, 6.07) is 2.59. The van der Waals surface area contributed by atoms with Gasteiger partial charge in [-0.3, -0.25) is 28.8 Å². The summed E-state index contributed by atoms with van der Waals surface area (Å²) < 4.78 is 169. The minimum absolute atomic E-state index is 0.0113. The van der Waals surface area contributed by atoms with Crippen LogP contribution >= 0.6 is 0 Å². The minimum atomic E-state index is -5.10. The number of nitrogens with two attached hydrogens (primary N) is 1. The first kappa shape index (κ1) is 96.4. The number of esters is 1. The lowest BCUT2D eigenvalue weighted by molar-refractivity contribution is -0.163. The van der Waals surface area contributed by atoms with Gasteiger partial charge in [0.1, 0.15) is 18.0 Å². The smallest absolute Gasteiger partial charge is 0.416 e. The molecule has 5 fully saturated rings. The molecule has 0 radical (unpaired) electrons. The van der Waals surface area contributed by atoms with Gasteiger partial charge in [0.25, 0.3) is 0 Å². The summed E-state index contributed by atoms with van der Waals surface area (Å²) in [6.07, 6.45) is 3.87. The maximum absolute atomic E-state index is 14.2. The summed E-state index contributed by atoms with van der Waals surface area (Å²) in [6.45, 7) is 23.0. The van der Waals surface area contributed by atoms with Crippen LogP contribution in [0.15, 0.2) is 36.4 Å². The average Bonchev–Trinajstić information content (AvgIpc) is 1.66. The number of ether oxygens (including phenoxy) is 13. The lowest BCUT2D eigenvalue weighted by atomic mass is 9.44. The van der Waals surface area contributed by atoms with Crippen molar-refractivity contribution in [1.29, 1.82) is 0 Å². The second-order valence-electron chi connectivity index (χ2n) is 32.4. The van der Waals surface area contributed by atoms with Crippen molar-refractivity contribution in [3.8, 4) is 0 Å². The van der Waals surface area contributed by atoms with Crippen molar-refractivity contribution in [1.82, 2.24) is 20.4 Å². The van der Waals surface area contributed by atoms with Crippen molar-refractivity contribution in [3.05, 3.63) is 70.0 Å². The van der Waals surface area contributed by atoms with Gasteiger partial charge in [0.2, 0.25) is 17.7 Å². The van der Waals surface area contributed by atoms with Gasteiger partial charge >= 0.3 is 30.1 Å². The molecule has 5 aliphatic rings. The monoisotopic (exact) mass is 1650 g/mol. The standard InChI is InChI=1S/C84H130F7N5O19/c1-57(2)10-9-11-58(3)71-16-17-72-69-14-12-62-54-66(18-22-81(62,6)73(69)19-23-82(71,72)7)115-76(98)55-74(77(92)99)94-75(97)21-26-103-28-30-105-32-34-107-36-38-109-40-42-111-44-46-113-48-49-114-47-45-112-43-41-110-39-37-108-35-33-106-31-29-104-27-24-93-78(100)80(102)96-25-20-68(70(56-96)67-15-13-65(85)50-59(67)4)79(101)95(8)60(5)61-51-63(83(86,87)88)53-64(52-61)84(89,90)91/h13,15,50-53,57-58,60,62,66,68-74H,9-12,14,16-49,54-56H2,1-8H3,(H2,92,99)(H,93,100)(H,94,97)/t58-,60+,62+,66+,68+,69+,70-,71-,72+,73+,74+,81+,82-/m1/s1. The number of hydrogen-bond acceptors (Lipinski definition) is 19. The van der Waals surface area contributed by atoms with Crippen LogP contribution in [0.3, 0.4) is 0 Å². The maximum atomic E-state index is 14.2. The molecule has 7 rings (SSSR count). The van der Waals surface area contributed by atoms with Gasteiger partial charge < -0.3 is 87.7 Å². The Morgan fingerprint density at radius 2 is 1.08 bits per heavy atom. The lowest BCUT2D eigenvalue weighted by Gasteiger charge is -2.61. The molecule has 4 aliphatic carbocycles. The van der Waals surface area contributed by atoms with Gasteiger partial charge in [-0.25, -0.2) is 4.39 Å². The topological polar surface area (TPSA) is 279 Å². The van der Waals surface area contributed by atoms with Crippen LogP contribution < -0.4 is 16.4 Å². The first-order chi connectivity index (χ1) is 54.9. The maximum Gasteiger partial charge on any atom is 0.416 e. The number of alkyl halides is 6. The van der Waals surface area contributed by atoms with Gasteiger partial charge in [-0.1, -0.05) is 59.9 Å². The summed E-state index contributed by atoms with van der Waals surface area (Å²) in [4.78, 5) is 81.2. The molecule has 1 saturated heterocycles. The molecule has 4 N–H and O–H groups in total. The van der Waals surface area contributed by atoms with E-state index in [-0.39, 0.29) is 89.5 Å². The molecule has 4 saturated carbocycles. The van der Waals surface area contributed by atoms with Crippen molar-refractivity contribution >= 4 is 35.5 Å². The number of amides is 5. The Bertz CT molecular complexity index is 3240. The van der Waals surface area contributed by atoms with E-state index in [0.717, 1.165) is 59.7 Å². The summed E-state index contributed by atoms with van der Waals surface area (Å²) in [5.74, 6) is -1.30. The number of carbonyl (C=O) groups is 6. The first-order valence-electron chi connectivity index (χ1n) is 41.5. The number of fused-ring (bicyclic) bond motifs is 5. The molecule has 0 spiro atoms. The Balaban J connectivity index is 0.580. The van der Waals surface area contributed by atoms with E-state index in [9.17, 15) is 59.5 Å². The van der Waals surface area contributed by atoms with Gasteiger partial charge in [-0.15, -0.1) is 0 Å². The summed E-state index contributed by atoms with van der Waals surface area (Å²) in [5, 5.41) is 5.11. The average molecular weight is 1650 g/mol. The fourth-order valence-corrected chi connectivity index (χ4v) is 18.1. The Morgan fingerprint density at radius 3 is 1.57 bits per heavy atom. The molecule has 0 aromatic heterocycles. The van der Waals surface area contributed by atoms with E-state index in [1.54, 1.807) is 6.92 Å². The zero-order chi connectivity index (χ0) is 83.6. The van der Waals surface area contributed by atoms with Crippen molar-refractivity contribution < 1.29 is 121 Å². The molecule has 0 unspecified atom stereocenters. The predicted octanol–water partition coefficient (Wildman–Crippen LogP) is 11.4. The molecular weight excluding hydrogens is 1520 g/mol. The van der Waals surface area contributed by atoms with Crippen LogP contribution in [0.4, 0.5) is 30.7 Å². The van der Waals surface area contributed by atoms with E-state index in [1.165, 1.54) is 94.9 Å². The third-order valence-corrected chi connectivity index (χ3v) is 24.3. The first-order valence-corrected chi connectivity index (χ1v) is 41.5. The van der Waals surface area contributed by atoms with E-state index < -0.39 is 94.3 Å². The fourth-order valence-electron chi connectivity index (χ4n) is 18.1. The Labute approximate surface area is 674 Å². The number of primary amides is 1. The number of halogens is 7. The largest absolute Gasteiger partial charge is 0.462 e. The molecule has 0 bridgehead atoms. The molecule has 654 valence electrons. The van der Waals surface area contributed by atoms with E-state index in [0.29, 0.717) is 160 Å². The number of aryl methyl sites for hydroxylation is 1. The highest BCUT2D eigenvalue weighted by atomic mass is 19.4. The number of carbonyl (C=O) groups excluding carboxylic acids is 6. The fraction of sp³-hybridized carbons (Fsp3) is 0.786. The molecule has 2 aromatic carbocycles. The molecule has 13 atom stereocenters. The minimum Gasteiger partial charge on any atom is -0.462 e.